The molecule has 0 aliphatic rings. The standard InChI is InChI=1S/C15H34O3Si/c1-6-8-10-11-12-14-15(13-9-7-2)19(16-3,17-4)18-5/h15H,6-14H2,1-5H3. The van der Waals surface area contributed by atoms with Gasteiger partial charge in [-0.1, -0.05) is 58.8 Å². The van der Waals surface area contributed by atoms with E-state index < -0.39 is 8.80 Å². The van der Waals surface area contributed by atoms with Gasteiger partial charge in [0.05, 0.1) is 0 Å². The molecule has 0 N–H and O–H groups in total. The van der Waals surface area contributed by atoms with Gasteiger partial charge in [0.2, 0.25) is 0 Å². The molecule has 0 aliphatic carbocycles. The lowest BCUT2D eigenvalue weighted by molar-refractivity contribution is 0.107. The van der Waals surface area contributed by atoms with Gasteiger partial charge in [-0.2, -0.15) is 0 Å². The van der Waals surface area contributed by atoms with Crippen LogP contribution in [0.3, 0.4) is 0 Å². The third-order valence-electron chi connectivity index (χ3n) is 3.92. The molecular weight excluding hydrogens is 256 g/mol. The van der Waals surface area contributed by atoms with E-state index in [4.69, 9.17) is 13.3 Å². The van der Waals surface area contributed by atoms with Crippen molar-refractivity contribution >= 4 is 8.80 Å². The molecule has 4 heteroatoms. The normalized spacial score (nSPS) is 13.7. The zero-order chi connectivity index (χ0) is 14.6. The topological polar surface area (TPSA) is 27.7 Å². The molecule has 0 radical (unpaired) electrons. The summed E-state index contributed by atoms with van der Waals surface area (Å²) in [5.74, 6) is 0. The third-order valence-corrected chi connectivity index (χ3v) is 7.20. The molecule has 0 fully saturated rings. The van der Waals surface area contributed by atoms with E-state index in [0.29, 0.717) is 5.54 Å². The van der Waals surface area contributed by atoms with Crippen LogP contribution in [0.1, 0.15) is 71.6 Å². The average molecular weight is 291 g/mol. The molecule has 3 nitrogen and oxygen atoms in total. The zero-order valence-corrected chi connectivity index (χ0v) is 14.7. The van der Waals surface area contributed by atoms with Crippen LogP contribution in [0.2, 0.25) is 5.54 Å². The molecule has 0 rings (SSSR count). The van der Waals surface area contributed by atoms with E-state index >= 15 is 0 Å². The van der Waals surface area contributed by atoms with Gasteiger partial charge in [-0.15, -0.1) is 0 Å². The Bertz CT molecular complexity index is 188. The van der Waals surface area contributed by atoms with E-state index in [0.717, 1.165) is 6.42 Å². The second-order valence-corrected chi connectivity index (χ2v) is 8.51. The Morgan fingerprint density at radius 1 is 0.684 bits per heavy atom. The van der Waals surface area contributed by atoms with Gasteiger partial charge < -0.3 is 13.3 Å². The molecule has 0 aromatic rings. The average Bonchev–Trinajstić information content (AvgIpc) is 2.45. The smallest absolute Gasteiger partial charge is 0.377 e. The van der Waals surface area contributed by atoms with E-state index in [9.17, 15) is 0 Å². The predicted molar refractivity (Wildman–Crippen MR) is 83.4 cm³/mol. The van der Waals surface area contributed by atoms with Crippen LogP contribution in [0.15, 0.2) is 0 Å². The maximum atomic E-state index is 5.67. The van der Waals surface area contributed by atoms with Gasteiger partial charge in [0, 0.05) is 26.9 Å². The molecule has 1 atom stereocenters. The summed E-state index contributed by atoms with van der Waals surface area (Å²) in [6.45, 7) is 4.48. The second-order valence-electron chi connectivity index (χ2n) is 5.26. The minimum absolute atomic E-state index is 0.453. The van der Waals surface area contributed by atoms with E-state index in [-0.39, 0.29) is 0 Å². The van der Waals surface area contributed by atoms with Gasteiger partial charge >= 0.3 is 8.80 Å². The highest BCUT2D eigenvalue weighted by atomic mass is 28.4. The molecule has 0 saturated heterocycles. The van der Waals surface area contributed by atoms with Crippen LogP contribution in [-0.2, 0) is 13.3 Å². The Kier molecular flexibility index (Phi) is 11.9. The van der Waals surface area contributed by atoms with Crippen LogP contribution in [0.5, 0.6) is 0 Å². The van der Waals surface area contributed by atoms with Crippen LogP contribution in [0.4, 0.5) is 0 Å². The minimum atomic E-state index is -2.45. The van der Waals surface area contributed by atoms with Crippen molar-refractivity contribution in [3.05, 3.63) is 0 Å². The second kappa shape index (κ2) is 11.9. The van der Waals surface area contributed by atoms with E-state index in [1.807, 2.05) is 0 Å². The number of unbranched alkanes of at least 4 members (excludes halogenated alkanes) is 5. The van der Waals surface area contributed by atoms with Gasteiger partial charge in [-0.05, 0) is 12.8 Å². The van der Waals surface area contributed by atoms with Crippen molar-refractivity contribution in [1.82, 2.24) is 0 Å². The molecule has 1 unspecified atom stereocenters. The molecule has 0 aromatic carbocycles. The number of rotatable bonds is 13. The molecule has 0 bridgehead atoms. The van der Waals surface area contributed by atoms with E-state index in [1.54, 1.807) is 21.3 Å². The summed E-state index contributed by atoms with van der Waals surface area (Å²) in [5.41, 5.74) is 0.453. The molecule has 116 valence electrons. The first kappa shape index (κ1) is 19.1. The largest absolute Gasteiger partial charge is 0.503 e. The van der Waals surface area contributed by atoms with Crippen molar-refractivity contribution in [2.75, 3.05) is 21.3 Å². The Balaban J connectivity index is 4.34. The first-order valence-electron chi connectivity index (χ1n) is 7.86. The summed E-state index contributed by atoms with van der Waals surface area (Å²) in [6.07, 6.45) is 11.3. The lowest BCUT2D eigenvalue weighted by Crippen LogP contribution is -2.47. The van der Waals surface area contributed by atoms with Crippen molar-refractivity contribution in [1.29, 1.82) is 0 Å². The van der Waals surface area contributed by atoms with Crippen LogP contribution < -0.4 is 0 Å². The Hall–Kier alpha value is 0.0969. The fourth-order valence-corrected chi connectivity index (χ4v) is 5.31. The van der Waals surface area contributed by atoms with E-state index in [2.05, 4.69) is 13.8 Å². The highest BCUT2D eigenvalue weighted by Crippen LogP contribution is 2.34. The van der Waals surface area contributed by atoms with Crippen molar-refractivity contribution < 1.29 is 13.3 Å². The lowest BCUT2D eigenvalue weighted by atomic mass is 10.1. The zero-order valence-electron chi connectivity index (χ0n) is 13.7. The van der Waals surface area contributed by atoms with E-state index in [1.165, 1.54) is 51.4 Å². The molecule has 0 aliphatic heterocycles. The van der Waals surface area contributed by atoms with Gasteiger partial charge in [-0.25, -0.2) is 0 Å². The molecule has 0 heterocycles. The summed E-state index contributed by atoms with van der Waals surface area (Å²) >= 11 is 0. The maximum Gasteiger partial charge on any atom is 0.503 e. The highest BCUT2D eigenvalue weighted by molar-refractivity contribution is 6.62. The fourth-order valence-electron chi connectivity index (χ4n) is 2.69. The SMILES string of the molecule is CCCCCCCC(CCCC)[Si](OC)(OC)OC. The monoisotopic (exact) mass is 290 g/mol. The molecule has 0 saturated carbocycles. The van der Waals surface area contributed by atoms with Gasteiger partial charge in [0.1, 0.15) is 0 Å². The van der Waals surface area contributed by atoms with Gasteiger partial charge in [0.25, 0.3) is 0 Å². The molecular formula is C15H34O3Si. The van der Waals surface area contributed by atoms with Crippen molar-refractivity contribution in [3.8, 4) is 0 Å². The molecule has 19 heavy (non-hydrogen) atoms. The Morgan fingerprint density at radius 2 is 1.16 bits per heavy atom. The molecule has 0 amide bonds. The number of hydrogen-bond donors (Lipinski definition) is 0. The highest BCUT2D eigenvalue weighted by Gasteiger charge is 2.46. The maximum absolute atomic E-state index is 5.67. The summed E-state index contributed by atoms with van der Waals surface area (Å²) in [7, 11) is 2.74. The van der Waals surface area contributed by atoms with Crippen LogP contribution in [-0.4, -0.2) is 30.1 Å². The van der Waals surface area contributed by atoms with Crippen LogP contribution >= 0.6 is 0 Å². The van der Waals surface area contributed by atoms with Crippen LogP contribution in [0.25, 0.3) is 0 Å². The molecule has 0 spiro atoms. The Labute approximate surface area is 121 Å². The first-order chi connectivity index (χ1) is 9.20. The fraction of sp³-hybridized carbons (Fsp3) is 1.00. The lowest BCUT2D eigenvalue weighted by Gasteiger charge is -2.32. The molecule has 0 aromatic heterocycles. The summed E-state index contributed by atoms with van der Waals surface area (Å²) in [4.78, 5) is 0. The number of hydrogen-bond acceptors (Lipinski definition) is 3. The predicted octanol–water partition coefficient (Wildman–Crippen LogP) is 4.79. The quantitative estimate of drug-likeness (QED) is 0.361. The minimum Gasteiger partial charge on any atom is -0.377 e. The van der Waals surface area contributed by atoms with Gasteiger partial charge in [0.15, 0.2) is 0 Å². The van der Waals surface area contributed by atoms with Crippen molar-refractivity contribution in [2.45, 2.75) is 77.2 Å². The van der Waals surface area contributed by atoms with Crippen molar-refractivity contribution in [3.63, 3.8) is 0 Å². The Morgan fingerprint density at radius 3 is 1.63 bits per heavy atom. The summed E-state index contributed by atoms with van der Waals surface area (Å²) < 4.78 is 17.0. The summed E-state index contributed by atoms with van der Waals surface area (Å²) in [5, 5.41) is 0. The first-order valence-corrected chi connectivity index (χ1v) is 9.66. The van der Waals surface area contributed by atoms with Crippen LogP contribution in [0, 0.1) is 0 Å². The van der Waals surface area contributed by atoms with Crippen molar-refractivity contribution in [2.24, 2.45) is 0 Å². The summed E-state index contributed by atoms with van der Waals surface area (Å²) in [6, 6.07) is 0. The third kappa shape index (κ3) is 6.89. The van der Waals surface area contributed by atoms with Gasteiger partial charge in [-0.3, -0.25) is 0 Å².